The lowest BCUT2D eigenvalue weighted by Gasteiger charge is -2.29. The average molecular weight is 288 g/mol. The summed E-state index contributed by atoms with van der Waals surface area (Å²) in [7, 11) is 2.85. The van der Waals surface area contributed by atoms with Crippen LogP contribution in [0.25, 0.3) is 0 Å². The Morgan fingerprint density at radius 1 is 1.30 bits per heavy atom. The first-order valence-electron chi connectivity index (χ1n) is 6.40. The predicted octanol–water partition coefficient (Wildman–Crippen LogP) is 1.08. The van der Waals surface area contributed by atoms with Crippen LogP contribution >= 0.6 is 0 Å². The highest BCUT2D eigenvalue weighted by molar-refractivity contribution is 5.83. The van der Waals surface area contributed by atoms with Crippen LogP contribution in [0, 0.1) is 5.41 Å². The Labute approximate surface area is 119 Å². The second-order valence-corrected chi connectivity index (χ2v) is 5.69. The quantitative estimate of drug-likeness (QED) is 0.713. The number of esters is 1. The molecule has 0 heterocycles. The van der Waals surface area contributed by atoms with E-state index >= 15 is 0 Å². The van der Waals surface area contributed by atoms with E-state index in [0.29, 0.717) is 13.0 Å². The first-order chi connectivity index (χ1) is 9.09. The number of urea groups is 1. The number of aliphatic carboxylic acids is 1. The van der Waals surface area contributed by atoms with Crippen LogP contribution in [0.15, 0.2) is 0 Å². The fourth-order valence-electron chi connectivity index (χ4n) is 1.55. The van der Waals surface area contributed by atoms with E-state index in [1.165, 1.54) is 12.0 Å². The highest BCUT2D eigenvalue weighted by atomic mass is 16.5. The molecule has 7 nitrogen and oxygen atoms in total. The molecule has 0 radical (unpaired) electrons. The van der Waals surface area contributed by atoms with Gasteiger partial charge in [0.05, 0.1) is 7.11 Å². The number of hydrogen-bond acceptors (Lipinski definition) is 4. The lowest BCUT2D eigenvalue weighted by atomic mass is 9.87. The Morgan fingerprint density at radius 2 is 1.85 bits per heavy atom. The Balaban J connectivity index is 4.37. The van der Waals surface area contributed by atoms with Crippen LogP contribution in [0.1, 0.15) is 33.6 Å². The molecule has 0 unspecified atom stereocenters. The minimum Gasteiger partial charge on any atom is -0.480 e. The minimum absolute atomic E-state index is 0.218. The van der Waals surface area contributed by atoms with Gasteiger partial charge in [0, 0.05) is 20.0 Å². The molecule has 2 N–H and O–H groups in total. The summed E-state index contributed by atoms with van der Waals surface area (Å²) in [6.07, 6.45) is 0.680. The van der Waals surface area contributed by atoms with E-state index in [2.05, 4.69) is 10.1 Å². The van der Waals surface area contributed by atoms with E-state index in [4.69, 9.17) is 5.11 Å². The van der Waals surface area contributed by atoms with Crippen molar-refractivity contribution in [2.45, 2.75) is 39.7 Å². The molecule has 116 valence electrons. The number of carbonyl (C=O) groups is 3. The van der Waals surface area contributed by atoms with Crippen LogP contribution < -0.4 is 5.32 Å². The van der Waals surface area contributed by atoms with Crippen molar-refractivity contribution in [1.82, 2.24) is 10.2 Å². The van der Waals surface area contributed by atoms with Crippen molar-refractivity contribution in [2.24, 2.45) is 5.41 Å². The molecule has 0 aromatic heterocycles. The summed E-state index contributed by atoms with van der Waals surface area (Å²) in [6.45, 7) is 5.56. The molecule has 0 aliphatic rings. The van der Waals surface area contributed by atoms with Gasteiger partial charge >= 0.3 is 18.0 Å². The molecule has 0 rings (SSSR count). The Hall–Kier alpha value is -1.79. The van der Waals surface area contributed by atoms with Crippen LogP contribution in [-0.4, -0.2) is 54.7 Å². The van der Waals surface area contributed by atoms with E-state index in [-0.39, 0.29) is 12.4 Å². The van der Waals surface area contributed by atoms with Crippen molar-refractivity contribution in [3.8, 4) is 0 Å². The SMILES string of the molecule is COC(=O)CCCN(C)C(=O)N[C@H](C(=O)O)C(C)(C)C. The van der Waals surface area contributed by atoms with E-state index in [9.17, 15) is 14.4 Å². The fraction of sp³-hybridized carbons (Fsp3) is 0.769. The molecule has 0 bridgehead atoms. The van der Waals surface area contributed by atoms with Crippen LogP contribution in [0.3, 0.4) is 0 Å². The minimum atomic E-state index is -1.08. The molecular weight excluding hydrogens is 264 g/mol. The number of methoxy groups -OCH3 is 1. The number of ether oxygens (including phenoxy) is 1. The number of rotatable bonds is 6. The van der Waals surface area contributed by atoms with E-state index in [1.54, 1.807) is 27.8 Å². The molecule has 0 aliphatic heterocycles. The van der Waals surface area contributed by atoms with Crippen molar-refractivity contribution in [3.05, 3.63) is 0 Å². The topological polar surface area (TPSA) is 95.9 Å². The third-order valence-electron chi connectivity index (χ3n) is 2.83. The highest BCUT2D eigenvalue weighted by Gasteiger charge is 2.33. The maximum Gasteiger partial charge on any atom is 0.326 e. The second-order valence-electron chi connectivity index (χ2n) is 5.69. The monoisotopic (exact) mass is 288 g/mol. The van der Waals surface area contributed by atoms with Crippen LogP contribution in [0.4, 0.5) is 4.79 Å². The molecule has 0 aromatic rings. The molecule has 0 fully saturated rings. The molecule has 1 atom stereocenters. The predicted molar refractivity (Wildman–Crippen MR) is 73.3 cm³/mol. The van der Waals surface area contributed by atoms with Gasteiger partial charge in [0.2, 0.25) is 0 Å². The van der Waals surface area contributed by atoms with Crippen molar-refractivity contribution >= 4 is 18.0 Å². The van der Waals surface area contributed by atoms with Gasteiger partial charge in [-0.1, -0.05) is 20.8 Å². The van der Waals surface area contributed by atoms with Crippen molar-refractivity contribution in [2.75, 3.05) is 20.7 Å². The maximum atomic E-state index is 11.9. The second kappa shape index (κ2) is 7.72. The Kier molecular flexibility index (Phi) is 7.02. The summed E-state index contributed by atoms with van der Waals surface area (Å²) in [5.74, 6) is -1.41. The highest BCUT2D eigenvalue weighted by Crippen LogP contribution is 2.19. The van der Waals surface area contributed by atoms with Gasteiger partial charge in [-0.3, -0.25) is 4.79 Å². The third kappa shape index (κ3) is 6.40. The van der Waals surface area contributed by atoms with Crippen LogP contribution in [0.5, 0.6) is 0 Å². The van der Waals surface area contributed by atoms with Gasteiger partial charge in [-0.05, 0) is 11.8 Å². The van der Waals surface area contributed by atoms with Crippen molar-refractivity contribution < 1.29 is 24.2 Å². The summed E-state index contributed by atoms with van der Waals surface area (Å²) in [6, 6.07) is -1.45. The fourth-order valence-corrected chi connectivity index (χ4v) is 1.55. The van der Waals surface area contributed by atoms with Crippen LogP contribution in [0.2, 0.25) is 0 Å². The summed E-state index contributed by atoms with van der Waals surface area (Å²) in [5.41, 5.74) is -0.589. The summed E-state index contributed by atoms with van der Waals surface area (Å²) < 4.78 is 4.50. The number of nitrogens with zero attached hydrogens (tertiary/aromatic N) is 1. The van der Waals surface area contributed by atoms with E-state index in [0.717, 1.165) is 0 Å². The number of hydrogen-bond donors (Lipinski definition) is 2. The van der Waals surface area contributed by atoms with Crippen LogP contribution in [-0.2, 0) is 14.3 Å². The Morgan fingerprint density at radius 3 is 2.25 bits per heavy atom. The number of carboxylic acids is 1. The first-order valence-corrected chi connectivity index (χ1v) is 6.40. The maximum absolute atomic E-state index is 11.9. The lowest BCUT2D eigenvalue weighted by Crippen LogP contribution is -2.52. The van der Waals surface area contributed by atoms with Gasteiger partial charge in [-0.25, -0.2) is 9.59 Å². The molecule has 0 saturated carbocycles. The Bertz CT molecular complexity index is 362. The van der Waals surface area contributed by atoms with Crippen molar-refractivity contribution in [3.63, 3.8) is 0 Å². The van der Waals surface area contributed by atoms with E-state index < -0.39 is 23.5 Å². The summed E-state index contributed by atoms with van der Waals surface area (Å²) in [4.78, 5) is 35.3. The third-order valence-corrected chi connectivity index (χ3v) is 2.83. The molecule has 0 aromatic carbocycles. The molecule has 0 aliphatic carbocycles. The summed E-state index contributed by atoms with van der Waals surface area (Å²) >= 11 is 0. The number of carboxylic acid groups (broad SMARTS) is 1. The van der Waals surface area contributed by atoms with Gasteiger partial charge < -0.3 is 20.1 Å². The number of amides is 2. The first kappa shape index (κ1) is 18.2. The number of nitrogens with one attached hydrogen (secondary N) is 1. The van der Waals surface area contributed by atoms with Gasteiger partial charge in [0.15, 0.2) is 0 Å². The zero-order valence-corrected chi connectivity index (χ0v) is 12.7. The zero-order valence-electron chi connectivity index (χ0n) is 12.7. The normalized spacial score (nSPS) is 12.4. The summed E-state index contributed by atoms with van der Waals surface area (Å²) in [5, 5.41) is 11.6. The molecule has 0 saturated heterocycles. The lowest BCUT2D eigenvalue weighted by molar-refractivity contribution is -0.142. The zero-order chi connectivity index (χ0) is 15.9. The van der Waals surface area contributed by atoms with Gasteiger partial charge in [0.1, 0.15) is 6.04 Å². The smallest absolute Gasteiger partial charge is 0.326 e. The standard InChI is InChI=1S/C13H24N2O5/c1-13(2,3)10(11(17)18)14-12(19)15(4)8-6-7-9(16)20-5/h10H,6-8H2,1-5H3,(H,14,19)(H,17,18)/t10-/m1/s1. The molecule has 2 amide bonds. The van der Waals surface area contributed by atoms with Crippen molar-refractivity contribution in [1.29, 1.82) is 0 Å². The number of carbonyl (C=O) groups excluding carboxylic acids is 2. The van der Waals surface area contributed by atoms with Gasteiger partial charge in [-0.2, -0.15) is 0 Å². The molecule has 7 heteroatoms. The van der Waals surface area contributed by atoms with Gasteiger partial charge in [-0.15, -0.1) is 0 Å². The average Bonchev–Trinajstić information content (AvgIpc) is 2.33. The molecule has 20 heavy (non-hydrogen) atoms. The molecular formula is C13H24N2O5. The van der Waals surface area contributed by atoms with Gasteiger partial charge in [0.25, 0.3) is 0 Å². The largest absolute Gasteiger partial charge is 0.480 e. The molecule has 0 spiro atoms. The van der Waals surface area contributed by atoms with E-state index in [1.807, 2.05) is 0 Å².